The minimum absolute atomic E-state index is 0.0180. The number of benzene rings is 1. The molecule has 5 nitrogen and oxygen atoms in total. The van der Waals surface area contributed by atoms with Crippen LogP contribution >= 0.6 is 11.8 Å². The number of nitrogens with zero attached hydrogens (tertiary/aromatic N) is 2. The van der Waals surface area contributed by atoms with E-state index in [1.165, 1.54) is 23.9 Å². The molecule has 0 bridgehead atoms. The van der Waals surface area contributed by atoms with E-state index in [-0.39, 0.29) is 17.6 Å². The van der Waals surface area contributed by atoms with Gasteiger partial charge in [0.05, 0.1) is 4.91 Å². The molecule has 3 aliphatic rings. The molecule has 1 unspecified atom stereocenters. The number of piperidine rings is 1. The van der Waals surface area contributed by atoms with Crippen LogP contribution < -0.4 is 5.32 Å². The monoisotopic (exact) mass is 441 g/mol. The molecule has 1 N–H and O–H groups in total. The number of hydrogen-bond donors (Lipinski definition) is 1. The normalized spacial score (nSPS) is 20.8. The van der Waals surface area contributed by atoms with Crippen molar-refractivity contribution in [2.24, 2.45) is 16.8 Å². The van der Waals surface area contributed by atoms with Gasteiger partial charge in [0.1, 0.15) is 5.82 Å². The van der Waals surface area contributed by atoms with Gasteiger partial charge in [-0.3, -0.25) is 14.6 Å². The van der Waals surface area contributed by atoms with Crippen molar-refractivity contribution in [3.05, 3.63) is 57.7 Å². The first-order chi connectivity index (χ1) is 15.1. The molecule has 1 atom stereocenters. The Labute approximate surface area is 186 Å². The molecule has 0 aromatic heterocycles. The highest BCUT2D eigenvalue weighted by Crippen LogP contribution is 2.42. The fourth-order valence-corrected chi connectivity index (χ4v) is 5.39. The number of amides is 2. The van der Waals surface area contributed by atoms with Gasteiger partial charge in [0, 0.05) is 48.4 Å². The van der Waals surface area contributed by atoms with Crippen molar-refractivity contribution in [1.82, 2.24) is 10.2 Å². The molecule has 7 heteroatoms. The molecule has 1 aromatic rings. The van der Waals surface area contributed by atoms with Gasteiger partial charge in [0.15, 0.2) is 0 Å². The molecule has 2 amide bonds. The molecule has 4 rings (SSSR count). The number of carbonyl (C=O) groups is 2. The number of likely N-dealkylation sites (tertiary alicyclic amines) is 1. The van der Waals surface area contributed by atoms with Gasteiger partial charge in [-0.25, -0.2) is 4.39 Å². The number of rotatable bonds is 7. The van der Waals surface area contributed by atoms with Crippen molar-refractivity contribution in [2.75, 3.05) is 19.6 Å². The number of carbonyl (C=O) groups excluding carboxylic acids is 2. The number of allylic oxidation sites excluding steroid dienone is 2. The Hall–Kier alpha value is -2.41. The summed E-state index contributed by atoms with van der Waals surface area (Å²) >= 11 is 1.53. The second-order valence-electron chi connectivity index (χ2n) is 8.34. The summed E-state index contributed by atoms with van der Waals surface area (Å²) in [6.45, 7) is 2.14. The molecule has 3 heterocycles. The zero-order valence-electron chi connectivity index (χ0n) is 17.6. The maximum atomic E-state index is 13.4. The number of unbranched alkanes of at least 4 members (excludes halogenated alkanes) is 1. The highest BCUT2D eigenvalue weighted by Gasteiger charge is 2.27. The van der Waals surface area contributed by atoms with Crippen molar-refractivity contribution in [2.45, 2.75) is 38.5 Å². The Balaban J connectivity index is 1.11. The van der Waals surface area contributed by atoms with Crippen LogP contribution in [0.15, 0.2) is 51.3 Å². The number of aliphatic imine (C=N–C) groups is 1. The lowest BCUT2D eigenvalue weighted by Crippen LogP contribution is -2.38. The lowest BCUT2D eigenvalue weighted by atomic mass is 9.91. The van der Waals surface area contributed by atoms with Gasteiger partial charge in [-0.05, 0) is 49.8 Å². The summed E-state index contributed by atoms with van der Waals surface area (Å²) in [5.74, 6) is 0.490. The Morgan fingerprint density at radius 3 is 2.84 bits per heavy atom. The third-order valence-corrected chi connectivity index (χ3v) is 7.32. The Morgan fingerprint density at radius 1 is 1.23 bits per heavy atom. The van der Waals surface area contributed by atoms with E-state index in [0.29, 0.717) is 23.9 Å². The summed E-state index contributed by atoms with van der Waals surface area (Å²) in [4.78, 5) is 32.8. The van der Waals surface area contributed by atoms with Crippen LogP contribution in [0.2, 0.25) is 0 Å². The van der Waals surface area contributed by atoms with Crippen LogP contribution in [0.5, 0.6) is 0 Å². The average Bonchev–Trinajstić information content (AvgIpc) is 3.23. The minimum Gasteiger partial charge on any atom is -0.352 e. The van der Waals surface area contributed by atoms with Crippen LogP contribution in [0.1, 0.15) is 48.9 Å². The fraction of sp³-hybridized carbons (Fsp3) is 0.458. The fourth-order valence-electron chi connectivity index (χ4n) is 4.31. The highest BCUT2D eigenvalue weighted by atomic mass is 32.2. The van der Waals surface area contributed by atoms with Crippen molar-refractivity contribution in [1.29, 1.82) is 0 Å². The Bertz CT molecular complexity index is 919. The van der Waals surface area contributed by atoms with E-state index < -0.39 is 0 Å². The van der Waals surface area contributed by atoms with Gasteiger partial charge < -0.3 is 10.2 Å². The first kappa shape index (κ1) is 21.8. The van der Waals surface area contributed by atoms with E-state index in [1.807, 2.05) is 17.3 Å². The van der Waals surface area contributed by atoms with Crippen LogP contribution in [-0.4, -0.2) is 42.6 Å². The van der Waals surface area contributed by atoms with E-state index in [9.17, 15) is 14.0 Å². The van der Waals surface area contributed by atoms with Gasteiger partial charge in [-0.2, -0.15) is 0 Å². The van der Waals surface area contributed by atoms with E-state index in [1.54, 1.807) is 12.1 Å². The summed E-state index contributed by atoms with van der Waals surface area (Å²) in [6, 6.07) is 5.91. The van der Waals surface area contributed by atoms with E-state index in [2.05, 4.69) is 16.4 Å². The summed E-state index contributed by atoms with van der Waals surface area (Å²) in [6.07, 6.45) is 11.8. The number of hydrogen-bond acceptors (Lipinski definition) is 4. The minimum atomic E-state index is -0.375. The second kappa shape index (κ2) is 10.3. The SMILES string of the molecule is O=C(NCCCCC1CCN(C(=O)c2cccc(F)c2)CC1)C1=CC2CC=NC=C2S1. The Kier molecular flexibility index (Phi) is 7.22. The van der Waals surface area contributed by atoms with Crippen molar-refractivity contribution in [3.8, 4) is 0 Å². The number of fused-ring (bicyclic) bond motifs is 1. The standard InChI is InChI=1S/C24H28FN3O2S/c25-20-6-3-5-19(14-20)24(30)28-12-8-17(9-13-28)4-1-2-10-27-23(29)21-15-18-7-11-26-16-22(18)31-21/h3,5-6,11,14-18H,1-2,4,7-10,12-13H2,(H,27,29). The molecule has 0 aliphatic carbocycles. The van der Waals surface area contributed by atoms with Crippen LogP contribution in [0.3, 0.4) is 0 Å². The summed E-state index contributed by atoms with van der Waals surface area (Å²) < 4.78 is 13.4. The molecule has 164 valence electrons. The molecule has 1 fully saturated rings. The van der Waals surface area contributed by atoms with Crippen LogP contribution in [0.25, 0.3) is 0 Å². The zero-order chi connectivity index (χ0) is 21.6. The summed E-state index contributed by atoms with van der Waals surface area (Å²) in [5.41, 5.74) is 0.424. The van der Waals surface area contributed by atoms with E-state index in [0.717, 1.165) is 61.4 Å². The predicted molar refractivity (Wildman–Crippen MR) is 122 cm³/mol. The van der Waals surface area contributed by atoms with Crippen molar-refractivity contribution >= 4 is 29.8 Å². The van der Waals surface area contributed by atoms with Crippen molar-refractivity contribution in [3.63, 3.8) is 0 Å². The molecular formula is C24H28FN3O2S. The average molecular weight is 442 g/mol. The van der Waals surface area contributed by atoms with E-state index in [4.69, 9.17) is 0 Å². The molecule has 0 radical (unpaired) electrons. The Morgan fingerprint density at radius 2 is 2.06 bits per heavy atom. The summed E-state index contributed by atoms with van der Waals surface area (Å²) in [7, 11) is 0. The predicted octanol–water partition coefficient (Wildman–Crippen LogP) is 4.53. The molecule has 0 saturated carbocycles. The van der Waals surface area contributed by atoms with Gasteiger partial charge in [-0.15, -0.1) is 0 Å². The quantitative estimate of drug-likeness (QED) is 0.633. The maximum Gasteiger partial charge on any atom is 0.257 e. The maximum absolute atomic E-state index is 13.4. The van der Waals surface area contributed by atoms with E-state index >= 15 is 0 Å². The molecule has 1 aromatic carbocycles. The molecule has 1 saturated heterocycles. The van der Waals surface area contributed by atoms with Gasteiger partial charge in [0.2, 0.25) is 0 Å². The van der Waals surface area contributed by atoms with Crippen molar-refractivity contribution < 1.29 is 14.0 Å². The molecule has 0 spiro atoms. The van der Waals surface area contributed by atoms with Crippen LogP contribution in [0, 0.1) is 17.7 Å². The highest BCUT2D eigenvalue weighted by molar-refractivity contribution is 8.07. The third kappa shape index (κ3) is 5.64. The number of nitrogens with one attached hydrogen (secondary N) is 1. The largest absolute Gasteiger partial charge is 0.352 e. The van der Waals surface area contributed by atoms with Gasteiger partial charge in [0.25, 0.3) is 11.8 Å². The number of halogens is 1. The first-order valence-electron chi connectivity index (χ1n) is 11.0. The zero-order valence-corrected chi connectivity index (χ0v) is 18.4. The smallest absolute Gasteiger partial charge is 0.257 e. The van der Waals surface area contributed by atoms with Crippen LogP contribution in [0.4, 0.5) is 4.39 Å². The molecule has 31 heavy (non-hydrogen) atoms. The molecular weight excluding hydrogens is 413 g/mol. The lowest BCUT2D eigenvalue weighted by Gasteiger charge is -2.32. The topological polar surface area (TPSA) is 61.8 Å². The first-order valence-corrected chi connectivity index (χ1v) is 11.9. The van der Waals surface area contributed by atoms with Crippen LogP contribution in [-0.2, 0) is 4.79 Å². The third-order valence-electron chi connectivity index (χ3n) is 6.13. The van der Waals surface area contributed by atoms with Gasteiger partial charge in [-0.1, -0.05) is 36.7 Å². The van der Waals surface area contributed by atoms with Gasteiger partial charge >= 0.3 is 0 Å². The second-order valence-corrected chi connectivity index (χ2v) is 9.45. The summed E-state index contributed by atoms with van der Waals surface area (Å²) in [5, 5.41) is 3.04. The lowest BCUT2D eigenvalue weighted by molar-refractivity contribution is -0.116. The molecule has 3 aliphatic heterocycles. The number of thioether (sulfide) groups is 1.